The van der Waals surface area contributed by atoms with Crippen molar-refractivity contribution >= 4 is 0 Å². The fourth-order valence-electron chi connectivity index (χ4n) is 10.4. The lowest BCUT2D eigenvalue weighted by Gasteiger charge is -2.58. The van der Waals surface area contributed by atoms with Gasteiger partial charge in [-0.1, -0.05) is 65.5 Å². The number of methoxy groups -OCH3 is 1. The molecule has 3 unspecified atom stereocenters. The van der Waals surface area contributed by atoms with Crippen molar-refractivity contribution in [2.75, 3.05) is 13.7 Å². The summed E-state index contributed by atoms with van der Waals surface area (Å²) in [5, 5.41) is 31.0. The van der Waals surface area contributed by atoms with E-state index in [9.17, 15) is 15.3 Å². The lowest BCUT2D eigenvalue weighted by molar-refractivity contribution is -0.316. The molecule has 4 aliphatic carbocycles. The lowest BCUT2D eigenvalue weighted by atomic mass is 9.47. The molecule has 40 heavy (non-hydrogen) atoms. The molecule has 0 aromatic carbocycles. The Morgan fingerprint density at radius 3 is 2.48 bits per heavy atom. The summed E-state index contributed by atoms with van der Waals surface area (Å²) in [6, 6.07) is 0. The second-order valence-corrected chi connectivity index (χ2v) is 15.2. The van der Waals surface area contributed by atoms with Gasteiger partial charge < -0.3 is 29.5 Å². The average Bonchev–Trinajstić information content (AvgIpc) is 3.28. The second kappa shape index (κ2) is 12.2. The van der Waals surface area contributed by atoms with E-state index >= 15 is 0 Å². The molecule has 1 saturated heterocycles. The number of aliphatic hydroxyl groups is 3. The van der Waals surface area contributed by atoms with E-state index < -0.39 is 30.7 Å². The second-order valence-electron chi connectivity index (χ2n) is 15.2. The molecular weight excluding hydrogens is 504 g/mol. The Kier molecular flexibility index (Phi) is 9.47. The first-order valence-corrected chi connectivity index (χ1v) is 16.5. The van der Waals surface area contributed by atoms with Crippen LogP contribution < -0.4 is 0 Å². The van der Waals surface area contributed by atoms with Crippen LogP contribution in [0.25, 0.3) is 0 Å². The highest BCUT2D eigenvalue weighted by molar-refractivity contribution is 5.25. The topological polar surface area (TPSA) is 88.4 Å². The van der Waals surface area contributed by atoms with E-state index in [2.05, 4.69) is 40.7 Å². The average molecular weight is 563 g/mol. The zero-order valence-electron chi connectivity index (χ0n) is 26.1. The van der Waals surface area contributed by atoms with E-state index in [4.69, 9.17) is 14.2 Å². The maximum absolute atomic E-state index is 10.7. The zero-order valence-corrected chi connectivity index (χ0v) is 26.1. The molecule has 0 bridgehead atoms. The van der Waals surface area contributed by atoms with Gasteiger partial charge in [-0.05, 0) is 97.7 Å². The van der Waals surface area contributed by atoms with Crippen LogP contribution in [0.15, 0.2) is 11.6 Å². The highest BCUT2D eigenvalue weighted by Gasteiger charge is 2.59. The molecule has 0 radical (unpaired) electrons. The highest BCUT2D eigenvalue weighted by atomic mass is 16.7. The molecule has 5 aliphatic rings. The maximum Gasteiger partial charge on any atom is 0.186 e. The molecule has 3 N–H and O–H groups in total. The van der Waals surface area contributed by atoms with Gasteiger partial charge in [0.05, 0.1) is 12.7 Å². The Morgan fingerprint density at radius 1 is 1.00 bits per heavy atom. The van der Waals surface area contributed by atoms with Crippen LogP contribution in [0.4, 0.5) is 0 Å². The molecule has 5 rings (SSSR count). The smallest absolute Gasteiger partial charge is 0.186 e. The van der Waals surface area contributed by atoms with Crippen molar-refractivity contribution in [3.8, 4) is 0 Å². The summed E-state index contributed by atoms with van der Waals surface area (Å²) in [7, 11) is 1.45. The van der Waals surface area contributed by atoms with Crippen LogP contribution in [0.3, 0.4) is 0 Å². The van der Waals surface area contributed by atoms with Gasteiger partial charge in [-0.3, -0.25) is 0 Å². The van der Waals surface area contributed by atoms with Gasteiger partial charge in [-0.25, -0.2) is 0 Å². The van der Waals surface area contributed by atoms with E-state index in [0.29, 0.717) is 5.41 Å². The van der Waals surface area contributed by atoms with Crippen molar-refractivity contribution in [2.45, 2.75) is 142 Å². The summed E-state index contributed by atoms with van der Waals surface area (Å²) >= 11 is 0. The molecule has 0 spiro atoms. The third-order valence-electron chi connectivity index (χ3n) is 12.7. The fourth-order valence-corrected chi connectivity index (χ4v) is 10.4. The van der Waals surface area contributed by atoms with Crippen molar-refractivity contribution in [1.29, 1.82) is 0 Å². The summed E-state index contributed by atoms with van der Waals surface area (Å²) in [6.07, 6.45) is 11.5. The SMILES string of the molecule is CO[C@@H]1C(CO)O[C@@H](OC2CC[C@@]3(C)C(=CC[C@H]4[C@@H]5CC[C@H]([C@H](C)CCCC(C)C)[C@@]5(C)CC[C@@H]43)C2)C(O)[C@H]1O. The van der Waals surface area contributed by atoms with Crippen LogP contribution in [0.5, 0.6) is 0 Å². The molecule has 230 valence electrons. The molecule has 6 nitrogen and oxygen atoms in total. The van der Waals surface area contributed by atoms with E-state index in [1.54, 1.807) is 0 Å². The maximum atomic E-state index is 10.7. The van der Waals surface area contributed by atoms with Crippen molar-refractivity contribution < 1.29 is 29.5 Å². The monoisotopic (exact) mass is 562 g/mol. The van der Waals surface area contributed by atoms with E-state index in [-0.39, 0.29) is 18.1 Å². The van der Waals surface area contributed by atoms with E-state index in [0.717, 1.165) is 54.8 Å². The molecule has 0 aromatic rings. The normalized spacial score (nSPS) is 47.8. The zero-order chi connectivity index (χ0) is 28.8. The first-order valence-electron chi connectivity index (χ1n) is 16.5. The number of rotatable bonds is 9. The molecular formula is C34H58O6. The Balaban J connectivity index is 1.24. The van der Waals surface area contributed by atoms with E-state index in [1.807, 2.05) is 0 Å². The minimum Gasteiger partial charge on any atom is -0.394 e. The van der Waals surface area contributed by atoms with Gasteiger partial charge >= 0.3 is 0 Å². The van der Waals surface area contributed by atoms with E-state index in [1.165, 1.54) is 64.0 Å². The van der Waals surface area contributed by atoms with Crippen molar-refractivity contribution in [3.63, 3.8) is 0 Å². The van der Waals surface area contributed by atoms with Crippen LogP contribution in [-0.2, 0) is 14.2 Å². The van der Waals surface area contributed by atoms with Gasteiger partial charge in [0, 0.05) is 7.11 Å². The van der Waals surface area contributed by atoms with Crippen molar-refractivity contribution in [3.05, 3.63) is 11.6 Å². The number of hydrogen-bond acceptors (Lipinski definition) is 6. The molecule has 6 heteroatoms. The minimum absolute atomic E-state index is 0.0578. The van der Waals surface area contributed by atoms with Crippen LogP contribution in [0.1, 0.15) is 105 Å². The molecule has 4 fully saturated rings. The van der Waals surface area contributed by atoms with Crippen LogP contribution in [0.2, 0.25) is 0 Å². The summed E-state index contributed by atoms with van der Waals surface area (Å²) in [6.45, 7) is 12.1. The van der Waals surface area contributed by atoms with Gasteiger partial charge in [-0.2, -0.15) is 0 Å². The van der Waals surface area contributed by atoms with Gasteiger partial charge in [0.15, 0.2) is 6.29 Å². The van der Waals surface area contributed by atoms with Gasteiger partial charge in [0.2, 0.25) is 0 Å². The number of fused-ring (bicyclic) bond motifs is 5. The van der Waals surface area contributed by atoms with Gasteiger partial charge in [0.1, 0.15) is 24.4 Å². The largest absolute Gasteiger partial charge is 0.394 e. The number of aliphatic hydroxyl groups excluding tert-OH is 3. The Hall–Kier alpha value is -0.500. The number of ether oxygens (including phenoxy) is 3. The third kappa shape index (κ3) is 5.48. The molecule has 0 aromatic heterocycles. The summed E-state index contributed by atoms with van der Waals surface area (Å²) in [5.41, 5.74) is 2.26. The lowest BCUT2D eigenvalue weighted by Crippen LogP contribution is -2.60. The fraction of sp³-hybridized carbons (Fsp3) is 0.941. The summed E-state index contributed by atoms with van der Waals surface area (Å²) in [4.78, 5) is 0. The summed E-state index contributed by atoms with van der Waals surface area (Å²) in [5.74, 6) is 4.93. The molecule has 3 saturated carbocycles. The first kappa shape index (κ1) is 30.9. The number of allylic oxidation sites excluding steroid dienone is 1. The van der Waals surface area contributed by atoms with Crippen LogP contribution in [-0.4, -0.2) is 65.8 Å². The predicted molar refractivity (Wildman–Crippen MR) is 156 cm³/mol. The van der Waals surface area contributed by atoms with Crippen molar-refractivity contribution in [2.24, 2.45) is 46.3 Å². The molecule has 1 heterocycles. The Bertz CT molecular complexity index is 888. The first-order chi connectivity index (χ1) is 19.0. The Morgan fingerprint density at radius 2 is 1.77 bits per heavy atom. The molecule has 13 atom stereocenters. The van der Waals surface area contributed by atoms with Gasteiger partial charge in [-0.15, -0.1) is 0 Å². The van der Waals surface area contributed by atoms with Crippen LogP contribution in [0, 0.1) is 46.3 Å². The van der Waals surface area contributed by atoms with Crippen molar-refractivity contribution in [1.82, 2.24) is 0 Å². The quantitative estimate of drug-likeness (QED) is 0.305. The van der Waals surface area contributed by atoms with Gasteiger partial charge in [0.25, 0.3) is 0 Å². The molecule has 0 amide bonds. The molecule has 1 aliphatic heterocycles. The third-order valence-corrected chi connectivity index (χ3v) is 12.7. The number of hydrogen-bond donors (Lipinski definition) is 3. The standard InChI is InChI=1S/C34H58O6/c1-20(2)8-7-9-21(3)25-12-13-26-24-11-10-22-18-23(14-16-33(22,4)27(24)15-17-34(25,26)5)39-32-30(37)29(36)31(38-6)28(19-35)40-32/h10,20-21,23-32,35-37H,7-9,11-19H2,1-6H3/t21-,23?,24+,25-,26+,27+,28?,29-,30?,31-,32-,33+,34-/m1/s1. The van der Waals surface area contributed by atoms with Crippen LogP contribution >= 0.6 is 0 Å². The highest BCUT2D eigenvalue weighted by Crippen LogP contribution is 2.67. The predicted octanol–water partition coefficient (Wildman–Crippen LogP) is 5.87. The Labute approximate surface area is 243 Å². The minimum atomic E-state index is -1.20. The summed E-state index contributed by atoms with van der Waals surface area (Å²) < 4.78 is 17.4.